The summed E-state index contributed by atoms with van der Waals surface area (Å²) in [5, 5.41) is 6.84. The molecule has 1 saturated heterocycles. The Balaban J connectivity index is 1.65. The minimum absolute atomic E-state index is 0.139. The van der Waals surface area contributed by atoms with Gasteiger partial charge in [0.1, 0.15) is 0 Å². The molecule has 1 amide bonds. The van der Waals surface area contributed by atoms with Crippen LogP contribution in [0.15, 0.2) is 44.2 Å². The molecule has 3 aliphatic heterocycles. The van der Waals surface area contributed by atoms with Crippen LogP contribution in [0.3, 0.4) is 0 Å². The van der Waals surface area contributed by atoms with E-state index in [0.29, 0.717) is 17.7 Å². The first-order valence-corrected chi connectivity index (χ1v) is 11.7. The van der Waals surface area contributed by atoms with E-state index in [4.69, 9.17) is 4.74 Å². The van der Waals surface area contributed by atoms with Crippen molar-refractivity contribution < 1.29 is 14.3 Å². The van der Waals surface area contributed by atoms with E-state index in [0.717, 1.165) is 35.8 Å². The molecule has 0 aliphatic carbocycles. The lowest BCUT2D eigenvalue weighted by Gasteiger charge is -2.37. The standard InChI is InChI=1S/C21H25N3O3S2/c1-13-6-4-5-8-23(13)17(25)10-16-12-29-21-22-14(2)18(20(26)27-3)19(24(16)21)15-7-9-28-11-15/h7,9,11-13,19H,4-6,8,10H2,1-3H3. The van der Waals surface area contributed by atoms with E-state index in [1.807, 2.05) is 39.0 Å². The Hall–Kier alpha value is -2.06. The number of rotatable bonds is 4. The fraction of sp³-hybridized carbons (Fsp3) is 0.476. The second kappa shape index (κ2) is 8.36. The largest absolute Gasteiger partial charge is 0.466 e. The number of carbonyl (C=O) groups excluding carboxylic acids is 2. The molecule has 0 aromatic carbocycles. The average Bonchev–Trinajstić information content (AvgIpc) is 3.37. The molecule has 0 spiro atoms. The van der Waals surface area contributed by atoms with Gasteiger partial charge in [0.25, 0.3) is 0 Å². The Morgan fingerprint density at radius 3 is 2.86 bits per heavy atom. The maximum Gasteiger partial charge on any atom is 0.338 e. The third-order valence-corrected chi connectivity index (χ3v) is 7.31. The van der Waals surface area contributed by atoms with Crippen LogP contribution in [0.1, 0.15) is 51.1 Å². The molecule has 0 N–H and O–H groups in total. The topological polar surface area (TPSA) is 62.2 Å². The number of ether oxygens (including phenoxy) is 1. The van der Waals surface area contributed by atoms with E-state index in [1.54, 1.807) is 11.3 Å². The van der Waals surface area contributed by atoms with E-state index in [1.165, 1.54) is 25.3 Å². The maximum atomic E-state index is 13.1. The number of amidine groups is 1. The van der Waals surface area contributed by atoms with Crippen molar-refractivity contribution in [1.29, 1.82) is 0 Å². The fourth-order valence-corrected chi connectivity index (χ4v) is 5.85. The van der Waals surface area contributed by atoms with Crippen LogP contribution in [0.2, 0.25) is 0 Å². The molecule has 1 fully saturated rings. The van der Waals surface area contributed by atoms with Gasteiger partial charge in [-0.3, -0.25) is 4.79 Å². The number of likely N-dealkylation sites (tertiary alicyclic amines) is 1. The molecule has 3 aliphatic rings. The molecule has 4 rings (SSSR count). The van der Waals surface area contributed by atoms with Crippen molar-refractivity contribution in [2.75, 3.05) is 13.7 Å². The number of carbonyl (C=O) groups is 2. The highest BCUT2D eigenvalue weighted by molar-refractivity contribution is 8.16. The zero-order valence-electron chi connectivity index (χ0n) is 16.9. The van der Waals surface area contributed by atoms with Crippen molar-refractivity contribution in [1.82, 2.24) is 9.80 Å². The molecule has 154 valence electrons. The summed E-state index contributed by atoms with van der Waals surface area (Å²) < 4.78 is 5.07. The normalized spacial score (nSPS) is 24.2. The molecule has 4 heterocycles. The second-order valence-electron chi connectivity index (χ2n) is 7.55. The van der Waals surface area contributed by atoms with Gasteiger partial charge >= 0.3 is 5.97 Å². The minimum Gasteiger partial charge on any atom is -0.466 e. The Labute approximate surface area is 179 Å². The van der Waals surface area contributed by atoms with Gasteiger partial charge < -0.3 is 14.5 Å². The zero-order chi connectivity index (χ0) is 20.5. The molecular formula is C21H25N3O3S2. The van der Waals surface area contributed by atoms with Crippen LogP contribution in [-0.2, 0) is 14.3 Å². The predicted octanol–water partition coefficient (Wildman–Crippen LogP) is 4.29. The predicted molar refractivity (Wildman–Crippen MR) is 116 cm³/mol. The fourth-order valence-electron chi connectivity index (χ4n) is 4.21. The first kappa shape index (κ1) is 20.2. The molecular weight excluding hydrogens is 406 g/mol. The number of aliphatic imine (C=N–C) groups is 1. The van der Waals surface area contributed by atoms with Crippen LogP contribution in [0.25, 0.3) is 0 Å². The van der Waals surface area contributed by atoms with Crippen LogP contribution >= 0.6 is 23.1 Å². The lowest BCUT2D eigenvalue weighted by atomic mass is 9.95. The van der Waals surface area contributed by atoms with E-state index in [-0.39, 0.29) is 24.0 Å². The van der Waals surface area contributed by atoms with Crippen LogP contribution in [0.5, 0.6) is 0 Å². The molecule has 1 aromatic rings. The summed E-state index contributed by atoms with van der Waals surface area (Å²) in [5.74, 6) is -0.242. The molecule has 29 heavy (non-hydrogen) atoms. The van der Waals surface area contributed by atoms with Crippen molar-refractivity contribution in [3.05, 3.63) is 44.8 Å². The highest BCUT2D eigenvalue weighted by Gasteiger charge is 2.41. The summed E-state index contributed by atoms with van der Waals surface area (Å²) in [4.78, 5) is 34.4. The number of thiophene rings is 1. The van der Waals surface area contributed by atoms with Gasteiger partial charge in [0.15, 0.2) is 5.17 Å². The number of nitrogens with zero attached hydrogens (tertiary/aromatic N) is 3. The summed E-state index contributed by atoms with van der Waals surface area (Å²) in [7, 11) is 1.39. The highest BCUT2D eigenvalue weighted by Crippen LogP contribution is 2.45. The Morgan fingerprint density at radius 2 is 2.17 bits per heavy atom. The van der Waals surface area contributed by atoms with Crippen molar-refractivity contribution in [3.8, 4) is 0 Å². The number of thioether (sulfide) groups is 1. The van der Waals surface area contributed by atoms with Crippen LogP contribution < -0.4 is 0 Å². The number of esters is 1. The number of amides is 1. The summed E-state index contributed by atoms with van der Waals surface area (Å²) in [5.41, 5.74) is 3.09. The summed E-state index contributed by atoms with van der Waals surface area (Å²) >= 11 is 3.10. The molecule has 0 saturated carbocycles. The lowest BCUT2D eigenvalue weighted by molar-refractivity contribution is -0.136. The molecule has 6 nitrogen and oxygen atoms in total. The van der Waals surface area contributed by atoms with Crippen LogP contribution in [0.4, 0.5) is 0 Å². The van der Waals surface area contributed by atoms with E-state index >= 15 is 0 Å². The van der Waals surface area contributed by atoms with Gasteiger partial charge in [0.05, 0.1) is 30.8 Å². The van der Waals surface area contributed by atoms with Crippen molar-refractivity contribution in [2.24, 2.45) is 4.99 Å². The summed E-state index contributed by atoms with van der Waals surface area (Å²) in [6.07, 6.45) is 3.61. The third-order valence-electron chi connectivity index (χ3n) is 5.72. The van der Waals surface area contributed by atoms with E-state index in [9.17, 15) is 9.59 Å². The smallest absolute Gasteiger partial charge is 0.338 e. The number of hydrogen-bond donors (Lipinski definition) is 0. The average molecular weight is 432 g/mol. The second-order valence-corrected chi connectivity index (χ2v) is 9.17. The lowest BCUT2D eigenvalue weighted by Crippen LogP contribution is -2.43. The molecule has 0 bridgehead atoms. The first-order chi connectivity index (χ1) is 14.0. The van der Waals surface area contributed by atoms with Crippen molar-refractivity contribution in [3.63, 3.8) is 0 Å². The van der Waals surface area contributed by atoms with Crippen molar-refractivity contribution in [2.45, 2.75) is 51.6 Å². The highest BCUT2D eigenvalue weighted by atomic mass is 32.2. The minimum atomic E-state index is -0.381. The first-order valence-electron chi connectivity index (χ1n) is 9.85. The van der Waals surface area contributed by atoms with Gasteiger partial charge in [0, 0.05) is 18.3 Å². The number of allylic oxidation sites excluding steroid dienone is 1. The monoisotopic (exact) mass is 431 g/mol. The van der Waals surface area contributed by atoms with Gasteiger partial charge in [-0.25, -0.2) is 9.79 Å². The number of hydrogen-bond acceptors (Lipinski definition) is 7. The van der Waals surface area contributed by atoms with Gasteiger partial charge in [-0.15, -0.1) is 0 Å². The van der Waals surface area contributed by atoms with Gasteiger partial charge in [-0.05, 0) is 60.9 Å². The van der Waals surface area contributed by atoms with Crippen LogP contribution in [0, 0.1) is 0 Å². The molecule has 0 radical (unpaired) electrons. The van der Waals surface area contributed by atoms with Gasteiger partial charge in [-0.2, -0.15) is 11.3 Å². The quantitative estimate of drug-likeness (QED) is 0.666. The summed E-state index contributed by atoms with van der Waals surface area (Å²) in [6, 6.07) is 1.97. The molecule has 2 unspecified atom stereocenters. The Morgan fingerprint density at radius 1 is 1.34 bits per heavy atom. The number of fused-ring (bicyclic) bond motifs is 1. The zero-order valence-corrected chi connectivity index (χ0v) is 18.5. The molecule has 1 aromatic heterocycles. The number of methoxy groups -OCH3 is 1. The Bertz CT molecular complexity index is 904. The van der Waals surface area contributed by atoms with E-state index in [2.05, 4.69) is 11.9 Å². The molecule has 2 atom stereocenters. The van der Waals surface area contributed by atoms with Crippen molar-refractivity contribution >= 4 is 40.1 Å². The SMILES string of the molecule is COC(=O)C1=C(C)N=C2SC=C(CC(=O)N3CCCCC3C)N2C1c1ccsc1. The Kier molecular flexibility index (Phi) is 5.83. The third kappa shape index (κ3) is 3.75. The maximum absolute atomic E-state index is 13.1. The van der Waals surface area contributed by atoms with E-state index < -0.39 is 0 Å². The molecule has 8 heteroatoms. The van der Waals surface area contributed by atoms with Gasteiger partial charge in [0.2, 0.25) is 5.91 Å². The van der Waals surface area contributed by atoms with Crippen LogP contribution in [-0.4, -0.2) is 46.5 Å². The summed E-state index contributed by atoms with van der Waals surface area (Å²) in [6.45, 7) is 4.79. The van der Waals surface area contributed by atoms with Gasteiger partial charge in [-0.1, -0.05) is 11.8 Å². The number of piperidine rings is 1.